The maximum atomic E-state index is 12.2. The van der Waals surface area contributed by atoms with Gasteiger partial charge >= 0.3 is 0 Å². The summed E-state index contributed by atoms with van der Waals surface area (Å²) in [6, 6.07) is 15.7. The van der Waals surface area contributed by atoms with Gasteiger partial charge in [-0.05, 0) is 23.8 Å². The van der Waals surface area contributed by atoms with E-state index in [0.29, 0.717) is 13.0 Å². The Labute approximate surface area is 132 Å². The molecule has 0 radical (unpaired) electrons. The number of hydrogen-bond donors (Lipinski definition) is 1. The molecule has 1 atom stereocenters. The molecular formula is C17H16BrNO2. The van der Waals surface area contributed by atoms with Crippen LogP contribution in [0.4, 0.5) is 0 Å². The van der Waals surface area contributed by atoms with Gasteiger partial charge in [-0.1, -0.05) is 46.3 Å². The average Bonchev–Trinajstić information content (AvgIpc) is 2.50. The molecule has 108 valence electrons. The van der Waals surface area contributed by atoms with Crippen LogP contribution < -0.4 is 10.1 Å². The zero-order chi connectivity index (χ0) is 14.7. The number of carbonyl (C=O) groups is 1. The van der Waals surface area contributed by atoms with Crippen LogP contribution in [0.5, 0.6) is 5.75 Å². The Hall–Kier alpha value is -1.81. The molecule has 1 N–H and O–H groups in total. The van der Waals surface area contributed by atoms with Gasteiger partial charge in [-0.3, -0.25) is 4.79 Å². The molecule has 1 aliphatic heterocycles. The fourth-order valence-electron chi connectivity index (χ4n) is 2.53. The molecule has 0 spiro atoms. The van der Waals surface area contributed by atoms with Crippen LogP contribution in [0.3, 0.4) is 0 Å². The normalized spacial score (nSPS) is 16.7. The lowest BCUT2D eigenvalue weighted by molar-refractivity contribution is -0.121. The summed E-state index contributed by atoms with van der Waals surface area (Å²) in [5.74, 6) is 0.914. The van der Waals surface area contributed by atoms with E-state index in [9.17, 15) is 4.79 Å². The first kappa shape index (κ1) is 14.1. The van der Waals surface area contributed by atoms with Gasteiger partial charge in [0.05, 0.1) is 19.1 Å². The average molecular weight is 346 g/mol. The van der Waals surface area contributed by atoms with E-state index >= 15 is 0 Å². The number of rotatable bonds is 3. The van der Waals surface area contributed by atoms with Crippen LogP contribution in [0.25, 0.3) is 0 Å². The number of para-hydroxylation sites is 1. The lowest BCUT2D eigenvalue weighted by Gasteiger charge is -2.26. The van der Waals surface area contributed by atoms with Crippen LogP contribution in [0, 0.1) is 0 Å². The van der Waals surface area contributed by atoms with Crippen molar-refractivity contribution in [3.63, 3.8) is 0 Å². The molecule has 4 heteroatoms. The number of ether oxygens (including phenoxy) is 1. The van der Waals surface area contributed by atoms with E-state index in [0.717, 1.165) is 27.8 Å². The monoisotopic (exact) mass is 345 g/mol. The predicted molar refractivity (Wildman–Crippen MR) is 85.3 cm³/mol. The summed E-state index contributed by atoms with van der Waals surface area (Å²) in [6.45, 7) is 0.639. The second kappa shape index (κ2) is 6.31. The van der Waals surface area contributed by atoms with Crippen molar-refractivity contribution >= 4 is 21.8 Å². The summed E-state index contributed by atoms with van der Waals surface area (Å²) in [7, 11) is 0. The molecular weight excluding hydrogens is 330 g/mol. The molecule has 0 aromatic heterocycles. The van der Waals surface area contributed by atoms with Crippen LogP contribution >= 0.6 is 15.9 Å². The van der Waals surface area contributed by atoms with E-state index in [1.54, 1.807) is 0 Å². The van der Waals surface area contributed by atoms with E-state index in [1.165, 1.54) is 0 Å². The molecule has 1 aliphatic rings. The van der Waals surface area contributed by atoms with Gasteiger partial charge in [0.1, 0.15) is 5.75 Å². The number of carbonyl (C=O) groups excluding carboxylic acids is 1. The standard InChI is InChI=1S/C17H16BrNO2/c18-13-7-5-12(6-8-13)11-17(20)19-15-9-10-21-16-4-2-1-3-14(15)16/h1-8,15H,9-11H2,(H,19,20)/t15-/m0/s1. The van der Waals surface area contributed by atoms with E-state index in [4.69, 9.17) is 4.74 Å². The van der Waals surface area contributed by atoms with Crippen molar-refractivity contribution in [3.8, 4) is 5.75 Å². The minimum Gasteiger partial charge on any atom is -0.493 e. The Morgan fingerprint density at radius 2 is 1.95 bits per heavy atom. The van der Waals surface area contributed by atoms with Crippen molar-refractivity contribution in [2.45, 2.75) is 18.9 Å². The van der Waals surface area contributed by atoms with Crippen molar-refractivity contribution in [2.24, 2.45) is 0 Å². The van der Waals surface area contributed by atoms with Crippen LogP contribution in [-0.2, 0) is 11.2 Å². The van der Waals surface area contributed by atoms with E-state index in [-0.39, 0.29) is 11.9 Å². The molecule has 0 unspecified atom stereocenters. The fourth-order valence-corrected chi connectivity index (χ4v) is 2.79. The molecule has 3 rings (SSSR count). The minimum atomic E-state index is 0.0397. The number of halogens is 1. The van der Waals surface area contributed by atoms with Crippen LogP contribution in [0.1, 0.15) is 23.6 Å². The van der Waals surface area contributed by atoms with Gasteiger partial charge in [0.15, 0.2) is 0 Å². The molecule has 1 amide bonds. The van der Waals surface area contributed by atoms with Gasteiger partial charge in [-0.25, -0.2) is 0 Å². The van der Waals surface area contributed by atoms with Crippen molar-refractivity contribution in [1.82, 2.24) is 5.32 Å². The molecule has 0 bridgehead atoms. The third-order valence-electron chi connectivity index (χ3n) is 3.57. The lowest BCUT2D eigenvalue weighted by atomic mass is 10.00. The molecule has 1 heterocycles. The highest BCUT2D eigenvalue weighted by Crippen LogP contribution is 2.31. The largest absolute Gasteiger partial charge is 0.493 e. The zero-order valence-corrected chi connectivity index (χ0v) is 13.1. The van der Waals surface area contributed by atoms with Crippen molar-refractivity contribution in [3.05, 3.63) is 64.1 Å². The predicted octanol–water partition coefficient (Wildman–Crippen LogP) is 3.63. The maximum absolute atomic E-state index is 12.2. The van der Waals surface area contributed by atoms with Gasteiger partial charge in [0, 0.05) is 16.5 Å². The number of benzene rings is 2. The van der Waals surface area contributed by atoms with Crippen molar-refractivity contribution in [2.75, 3.05) is 6.61 Å². The topological polar surface area (TPSA) is 38.3 Å². The zero-order valence-electron chi connectivity index (χ0n) is 11.5. The Morgan fingerprint density at radius 3 is 2.76 bits per heavy atom. The molecule has 2 aromatic rings. The summed E-state index contributed by atoms with van der Waals surface area (Å²) in [5, 5.41) is 3.11. The van der Waals surface area contributed by atoms with Gasteiger partial charge < -0.3 is 10.1 Å². The third-order valence-corrected chi connectivity index (χ3v) is 4.10. The summed E-state index contributed by atoms with van der Waals surface area (Å²) in [4.78, 5) is 12.2. The first-order valence-corrected chi connectivity index (χ1v) is 7.77. The van der Waals surface area contributed by atoms with E-state index in [2.05, 4.69) is 21.2 Å². The number of hydrogen-bond acceptors (Lipinski definition) is 2. The van der Waals surface area contributed by atoms with E-state index in [1.807, 2.05) is 48.5 Å². The smallest absolute Gasteiger partial charge is 0.224 e. The summed E-state index contributed by atoms with van der Waals surface area (Å²) in [5.41, 5.74) is 2.07. The van der Waals surface area contributed by atoms with Gasteiger partial charge in [0.25, 0.3) is 0 Å². The van der Waals surface area contributed by atoms with Gasteiger partial charge in [-0.2, -0.15) is 0 Å². The number of fused-ring (bicyclic) bond motifs is 1. The maximum Gasteiger partial charge on any atom is 0.224 e. The fraction of sp³-hybridized carbons (Fsp3) is 0.235. The third kappa shape index (κ3) is 3.45. The molecule has 2 aromatic carbocycles. The quantitative estimate of drug-likeness (QED) is 0.922. The van der Waals surface area contributed by atoms with Gasteiger partial charge in [-0.15, -0.1) is 0 Å². The minimum absolute atomic E-state index is 0.0397. The molecule has 0 fully saturated rings. The highest BCUT2D eigenvalue weighted by molar-refractivity contribution is 9.10. The van der Waals surface area contributed by atoms with Crippen LogP contribution in [-0.4, -0.2) is 12.5 Å². The molecule has 0 saturated carbocycles. The van der Waals surface area contributed by atoms with Crippen LogP contribution in [0.15, 0.2) is 53.0 Å². The summed E-state index contributed by atoms with van der Waals surface area (Å²) >= 11 is 3.39. The van der Waals surface area contributed by atoms with Crippen molar-refractivity contribution in [1.29, 1.82) is 0 Å². The highest BCUT2D eigenvalue weighted by atomic mass is 79.9. The van der Waals surface area contributed by atoms with Gasteiger partial charge in [0.2, 0.25) is 5.91 Å². The molecule has 0 aliphatic carbocycles. The molecule has 21 heavy (non-hydrogen) atoms. The Bertz CT molecular complexity index is 639. The lowest BCUT2D eigenvalue weighted by Crippen LogP contribution is -2.33. The second-order valence-corrected chi connectivity index (χ2v) is 6.01. The summed E-state index contributed by atoms with van der Waals surface area (Å²) in [6.07, 6.45) is 1.20. The SMILES string of the molecule is O=C(Cc1ccc(Br)cc1)N[C@H]1CCOc2ccccc21. The first-order valence-electron chi connectivity index (χ1n) is 6.98. The Kier molecular flexibility index (Phi) is 4.25. The Balaban J connectivity index is 1.67. The highest BCUT2D eigenvalue weighted by Gasteiger charge is 2.22. The molecule has 0 saturated heterocycles. The van der Waals surface area contributed by atoms with Crippen LogP contribution in [0.2, 0.25) is 0 Å². The first-order chi connectivity index (χ1) is 10.2. The number of nitrogens with one attached hydrogen (secondary N) is 1. The summed E-state index contributed by atoms with van der Waals surface area (Å²) < 4.78 is 6.63. The second-order valence-electron chi connectivity index (χ2n) is 5.10. The number of amides is 1. The molecule has 3 nitrogen and oxygen atoms in total. The van der Waals surface area contributed by atoms with E-state index < -0.39 is 0 Å². The van der Waals surface area contributed by atoms with Crippen molar-refractivity contribution < 1.29 is 9.53 Å². The Morgan fingerprint density at radius 1 is 1.19 bits per heavy atom.